The predicted molar refractivity (Wildman–Crippen MR) is 86.1 cm³/mol. The van der Waals surface area contributed by atoms with Gasteiger partial charge < -0.3 is 15.7 Å². The second-order valence-electron chi connectivity index (χ2n) is 6.47. The van der Waals surface area contributed by atoms with E-state index in [0.29, 0.717) is 37.3 Å². The molecule has 1 heterocycles. The second-order valence-corrected chi connectivity index (χ2v) is 6.47. The first kappa shape index (κ1) is 17.2. The van der Waals surface area contributed by atoms with E-state index in [0.717, 1.165) is 12.2 Å². The molecule has 1 aliphatic carbocycles. The minimum Gasteiger partial charge on any atom is -0.481 e. The second kappa shape index (κ2) is 7.89. The summed E-state index contributed by atoms with van der Waals surface area (Å²) in [5, 5.41) is 14.6. The average molecular weight is 320 g/mol. The zero-order valence-electron chi connectivity index (χ0n) is 13.6. The summed E-state index contributed by atoms with van der Waals surface area (Å²) in [6, 6.07) is -0.282. The number of nitrogens with one attached hydrogen (secondary N) is 2. The van der Waals surface area contributed by atoms with Gasteiger partial charge in [-0.1, -0.05) is 13.8 Å². The zero-order valence-corrected chi connectivity index (χ0v) is 13.6. The van der Waals surface area contributed by atoms with Gasteiger partial charge in [-0.15, -0.1) is 0 Å². The van der Waals surface area contributed by atoms with Gasteiger partial charge in [0.25, 0.3) is 0 Å². The van der Waals surface area contributed by atoms with Crippen molar-refractivity contribution >= 4 is 17.7 Å². The van der Waals surface area contributed by atoms with Crippen LogP contribution in [0.1, 0.15) is 45.4 Å². The smallest absolute Gasteiger partial charge is 0.319 e. The van der Waals surface area contributed by atoms with Crippen molar-refractivity contribution in [3.8, 4) is 0 Å². The van der Waals surface area contributed by atoms with Gasteiger partial charge in [0.05, 0.1) is 24.0 Å². The van der Waals surface area contributed by atoms with Crippen LogP contribution in [0.5, 0.6) is 0 Å². The monoisotopic (exact) mass is 320 g/mol. The number of hydrogen-bond donors (Lipinski definition) is 3. The van der Waals surface area contributed by atoms with Crippen LogP contribution in [0.15, 0.2) is 12.4 Å². The van der Waals surface area contributed by atoms with E-state index >= 15 is 0 Å². The molecule has 23 heavy (non-hydrogen) atoms. The SMILES string of the molecule is CC(C)Cc1ncc(NC(=O)NC2CCC(C(=O)O)CC2)cn1. The minimum atomic E-state index is -0.744. The molecule has 0 radical (unpaired) electrons. The van der Waals surface area contributed by atoms with Crippen LogP contribution >= 0.6 is 0 Å². The third-order valence-electron chi connectivity index (χ3n) is 3.97. The summed E-state index contributed by atoms with van der Waals surface area (Å²) in [6.45, 7) is 4.20. The molecule has 1 aliphatic rings. The number of nitrogens with zero attached hydrogens (tertiary/aromatic N) is 2. The number of carbonyl (C=O) groups is 2. The molecular weight excluding hydrogens is 296 g/mol. The van der Waals surface area contributed by atoms with E-state index in [1.807, 2.05) is 0 Å². The number of carbonyl (C=O) groups excluding carboxylic acids is 1. The molecule has 2 amide bonds. The lowest BCUT2D eigenvalue weighted by Gasteiger charge is -2.26. The van der Waals surface area contributed by atoms with Crippen LogP contribution in [0.25, 0.3) is 0 Å². The van der Waals surface area contributed by atoms with Crippen molar-refractivity contribution < 1.29 is 14.7 Å². The first-order valence-electron chi connectivity index (χ1n) is 8.05. The zero-order chi connectivity index (χ0) is 16.8. The Kier molecular flexibility index (Phi) is 5.90. The van der Waals surface area contributed by atoms with Crippen LogP contribution in [0.3, 0.4) is 0 Å². The topological polar surface area (TPSA) is 104 Å². The Bertz CT molecular complexity index is 537. The Morgan fingerprint density at radius 3 is 2.35 bits per heavy atom. The summed E-state index contributed by atoms with van der Waals surface area (Å²) < 4.78 is 0. The van der Waals surface area contributed by atoms with Gasteiger partial charge in [0.15, 0.2) is 0 Å². The summed E-state index contributed by atoms with van der Waals surface area (Å²) in [7, 11) is 0. The van der Waals surface area contributed by atoms with Crippen molar-refractivity contribution in [1.29, 1.82) is 0 Å². The summed E-state index contributed by atoms with van der Waals surface area (Å²) in [5.74, 6) is 0.223. The predicted octanol–water partition coefficient (Wildman–Crippen LogP) is 2.44. The van der Waals surface area contributed by atoms with Gasteiger partial charge in [0.1, 0.15) is 5.82 Å². The van der Waals surface area contributed by atoms with Crippen molar-refractivity contribution in [3.05, 3.63) is 18.2 Å². The molecular formula is C16H24N4O3. The van der Waals surface area contributed by atoms with Gasteiger partial charge in [-0.2, -0.15) is 0 Å². The summed E-state index contributed by atoms with van der Waals surface area (Å²) >= 11 is 0. The number of aliphatic carboxylic acids is 1. The lowest BCUT2D eigenvalue weighted by molar-refractivity contribution is -0.142. The Hall–Kier alpha value is -2.18. The van der Waals surface area contributed by atoms with Gasteiger partial charge in [-0.3, -0.25) is 4.79 Å². The Morgan fingerprint density at radius 1 is 1.22 bits per heavy atom. The Labute approximate surface area is 135 Å². The first-order chi connectivity index (χ1) is 10.9. The number of anilines is 1. The summed E-state index contributed by atoms with van der Waals surface area (Å²) in [4.78, 5) is 31.3. The molecule has 1 saturated carbocycles. The molecule has 0 bridgehead atoms. The first-order valence-corrected chi connectivity index (χ1v) is 8.05. The van der Waals surface area contributed by atoms with Crippen LogP contribution < -0.4 is 10.6 Å². The molecule has 7 heteroatoms. The van der Waals surface area contributed by atoms with E-state index in [1.54, 1.807) is 12.4 Å². The molecule has 1 aromatic rings. The molecule has 2 rings (SSSR count). The van der Waals surface area contributed by atoms with Crippen molar-refractivity contribution in [1.82, 2.24) is 15.3 Å². The van der Waals surface area contributed by atoms with E-state index in [9.17, 15) is 9.59 Å². The normalized spacial score (nSPS) is 21.0. The van der Waals surface area contributed by atoms with Crippen LogP contribution in [-0.4, -0.2) is 33.1 Å². The van der Waals surface area contributed by atoms with E-state index < -0.39 is 5.97 Å². The highest BCUT2D eigenvalue weighted by Crippen LogP contribution is 2.24. The quantitative estimate of drug-likeness (QED) is 0.773. The summed E-state index contributed by atoms with van der Waals surface area (Å²) in [6.07, 6.45) is 6.60. The summed E-state index contributed by atoms with van der Waals surface area (Å²) in [5.41, 5.74) is 0.550. The molecule has 1 aromatic heterocycles. The Morgan fingerprint density at radius 2 is 1.83 bits per heavy atom. The van der Waals surface area contributed by atoms with E-state index in [1.165, 1.54) is 0 Å². The van der Waals surface area contributed by atoms with E-state index in [-0.39, 0.29) is 18.0 Å². The average Bonchev–Trinajstić information content (AvgIpc) is 2.49. The number of urea groups is 1. The van der Waals surface area contributed by atoms with Gasteiger partial charge in [0.2, 0.25) is 0 Å². The van der Waals surface area contributed by atoms with E-state index in [2.05, 4.69) is 34.4 Å². The van der Waals surface area contributed by atoms with Gasteiger partial charge in [-0.05, 0) is 31.6 Å². The molecule has 0 unspecified atom stereocenters. The number of carboxylic acid groups (broad SMARTS) is 1. The van der Waals surface area contributed by atoms with Crippen LogP contribution in [0.4, 0.5) is 10.5 Å². The van der Waals surface area contributed by atoms with Crippen molar-refractivity contribution in [2.45, 2.75) is 52.0 Å². The van der Waals surface area contributed by atoms with Gasteiger partial charge >= 0.3 is 12.0 Å². The number of aromatic nitrogens is 2. The van der Waals surface area contributed by atoms with Crippen LogP contribution in [0.2, 0.25) is 0 Å². The fourth-order valence-electron chi connectivity index (χ4n) is 2.73. The van der Waals surface area contributed by atoms with Crippen LogP contribution in [-0.2, 0) is 11.2 Å². The fourth-order valence-corrected chi connectivity index (χ4v) is 2.73. The molecule has 0 atom stereocenters. The number of carboxylic acids is 1. The molecule has 3 N–H and O–H groups in total. The van der Waals surface area contributed by atoms with Crippen molar-refractivity contribution in [3.63, 3.8) is 0 Å². The largest absolute Gasteiger partial charge is 0.481 e. The maximum Gasteiger partial charge on any atom is 0.319 e. The molecule has 0 aromatic carbocycles. The number of rotatable bonds is 5. The van der Waals surface area contributed by atoms with Crippen LogP contribution in [0, 0.1) is 11.8 Å². The highest BCUT2D eigenvalue weighted by Gasteiger charge is 2.26. The lowest BCUT2D eigenvalue weighted by Crippen LogP contribution is -2.41. The van der Waals surface area contributed by atoms with Gasteiger partial charge in [0, 0.05) is 12.5 Å². The highest BCUT2D eigenvalue weighted by molar-refractivity contribution is 5.89. The van der Waals surface area contributed by atoms with Gasteiger partial charge in [-0.25, -0.2) is 14.8 Å². The third-order valence-corrected chi connectivity index (χ3v) is 3.97. The number of hydrogen-bond acceptors (Lipinski definition) is 4. The molecule has 126 valence electrons. The van der Waals surface area contributed by atoms with Crippen molar-refractivity contribution in [2.24, 2.45) is 11.8 Å². The Balaban J connectivity index is 1.78. The molecule has 0 aliphatic heterocycles. The lowest BCUT2D eigenvalue weighted by atomic mass is 9.86. The molecule has 0 saturated heterocycles. The maximum absolute atomic E-state index is 12.0. The molecule has 1 fully saturated rings. The van der Waals surface area contributed by atoms with E-state index in [4.69, 9.17) is 5.11 Å². The minimum absolute atomic E-state index is 0.0201. The maximum atomic E-state index is 12.0. The van der Waals surface area contributed by atoms with Crippen molar-refractivity contribution in [2.75, 3.05) is 5.32 Å². The standard InChI is InChI=1S/C16H24N4O3/c1-10(2)7-14-17-8-13(9-18-14)20-16(23)19-12-5-3-11(4-6-12)15(21)22/h8-12H,3-7H2,1-2H3,(H,21,22)(H2,19,20,23). The number of amides is 2. The fraction of sp³-hybridized carbons (Fsp3) is 0.625. The molecule has 0 spiro atoms. The third kappa shape index (κ3) is 5.50. The molecule has 7 nitrogen and oxygen atoms in total. The highest BCUT2D eigenvalue weighted by atomic mass is 16.4.